The van der Waals surface area contributed by atoms with Crippen molar-refractivity contribution in [3.05, 3.63) is 23.8 Å². The van der Waals surface area contributed by atoms with Crippen LogP contribution in [0, 0.1) is 0 Å². The van der Waals surface area contributed by atoms with Gasteiger partial charge in [-0.1, -0.05) is 0 Å². The van der Waals surface area contributed by atoms with Gasteiger partial charge in [-0.3, -0.25) is 4.79 Å². The fourth-order valence-corrected chi connectivity index (χ4v) is 1.19. The van der Waals surface area contributed by atoms with E-state index in [4.69, 9.17) is 4.84 Å². The smallest absolute Gasteiger partial charge is 0.161 e. The van der Waals surface area contributed by atoms with Crippen molar-refractivity contribution in [3.63, 3.8) is 0 Å². The molecule has 4 nitrogen and oxygen atoms in total. The number of rotatable bonds is 5. The molecule has 0 atom stereocenters. The molecule has 0 unspecified atom stereocenters. The lowest BCUT2D eigenvalue weighted by atomic mass is 10.2. The Morgan fingerprint density at radius 3 is 2.60 bits per heavy atom. The first-order chi connectivity index (χ1) is 7.21. The van der Waals surface area contributed by atoms with Crippen LogP contribution in [0.15, 0.2) is 18.2 Å². The van der Waals surface area contributed by atoms with Crippen molar-refractivity contribution >= 4 is 6.29 Å². The van der Waals surface area contributed by atoms with Crippen molar-refractivity contribution in [2.24, 2.45) is 0 Å². The summed E-state index contributed by atoms with van der Waals surface area (Å²) in [6.07, 6.45) is 0.707. The van der Waals surface area contributed by atoms with Crippen LogP contribution in [-0.2, 0) is 0 Å². The van der Waals surface area contributed by atoms with E-state index in [0.717, 1.165) is 0 Å². The largest absolute Gasteiger partial charge is 0.508 e. The van der Waals surface area contributed by atoms with Gasteiger partial charge in [-0.25, -0.2) is 0 Å². The number of carbonyl (C=O) groups is 1. The topological polar surface area (TPSA) is 49.8 Å². The molecule has 0 radical (unpaired) electrons. The Balaban J connectivity index is 2.90. The molecule has 15 heavy (non-hydrogen) atoms. The van der Waals surface area contributed by atoms with Gasteiger partial charge in [0, 0.05) is 19.2 Å². The molecule has 4 heteroatoms. The molecule has 1 aromatic carbocycles. The molecule has 1 rings (SSSR count). The van der Waals surface area contributed by atoms with Crippen molar-refractivity contribution in [2.45, 2.75) is 13.8 Å². The maximum Gasteiger partial charge on any atom is 0.161 e. The summed E-state index contributed by atoms with van der Waals surface area (Å²) in [5.74, 6) is 0.469. The number of benzene rings is 1. The molecular formula is C11H15NO3. The summed E-state index contributed by atoms with van der Waals surface area (Å²) in [7, 11) is 0. The van der Waals surface area contributed by atoms with Gasteiger partial charge < -0.3 is 9.94 Å². The molecule has 0 bridgehead atoms. The molecule has 0 saturated heterocycles. The van der Waals surface area contributed by atoms with Crippen molar-refractivity contribution in [2.75, 3.05) is 13.1 Å². The van der Waals surface area contributed by atoms with Gasteiger partial charge >= 0.3 is 0 Å². The number of aromatic hydroxyl groups is 1. The van der Waals surface area contributed by atoms with Gasteiger partial charge in [0.1, 0.15) is 5.75 Å². The fraction of sp³-hybridized carbons (Fsp3) is 0.364. The second-order valence-corrected chi connectivity index (χ2v) is 3.05. The maximum absolute atomic E-state index is 10.7. The summed E-state index contributed by atoms with van der Waals surface area (Å²) < 4.78 is 0. The van der Waals surface area contributed by atoms with E-state index in [1.54, 1.807) is 5.06 Å². The maximum atomic E-state index is 10.7. The van der Waals surface area contributed by atoms with Gasteiger partial charge in [-0.05, 0) is 26.0 Å². The normalized spacial score (nSPS) is 10.3. The third-order valence-corrected chi connectivity index (χ3v) is 2.06. The molecule has 0 saturated carbocycles. The van der Waals surface area contributed by atoms with Crippen LogP contribution in [0.25, 0.3) is 0 Å². The zero-order valence-electron chi connectivity index (χ0n) is 8.93. The molecular weight excluding hydrogens is 194 g/mol. The Bertz CT molecular complexity index is 335. The fourth-order valence-electron chi connectivity index (χ4n) is 1.19. The van der Waals surface area contributed by atoms with Crippen LogP contribution in [0.4, 0.5) is 0 Å². The Morgan fingerprint density at radius 1 is 1.40 bits per heavy atom. The zero-order valence-corrected chi connectivity index (χ0v) is 8.93. The minimum absolute atomic E-state index is 0.0859. The van der Waals surface area contributed by atoms with E-state index in [2.05, 4.69) is 0 Å². The highest BCUT2D eigenvalue weighted by molar-refractivity contribution is 5.79. The van der Waals surface area contributed by atoms with Crippen LogP contribution in [0.1, 0.15) is 24.2 Å². The second kappa shape index (κ2) is 5.36. The number of hydroxylamine groups is 2. The molecule has 82 valence electrons. The third kappa shape index (κ3) is 2.95. The van der Waals surface area contributed by atoms with E-state index in [0.29, 0.717) is 30.7 Å². The van der Waals surface area contributed by atoms with Crippen molar-refractivity contribution in [3.8, 4) is 11.5 Å². The number of aldehydes is 1. The van der Waals surface area contributed by atoms with Crippen molar-refractivity contribution in [1.82, 2.24) is 5.06 Å². The second-order valence-electron chi connectivity index (χ2n) is 3.05. The van der Waals surface area contributed by atoms with Gasteiger partial charge in [0.25, 0.3) is 0 Å². The molecule has 0 aromatic heterocycles. The summed E-state index contributed by atoms with van der Waals surface area (Å²) in [5, 5.41) is 11.0. The molecule has 0 spiro atoms. The molecule has 1 aromatic rings. The summed E-state index contributed by atoms with van der Waals surface area (Å²) in [4.78, 5) is 16.2. The van der Waals surface area contributed by atoms with Gasteiger partial charge in [-0.15, -0.1) is 5.06 Å². The minimum atomic E-state index is 0.0859. The van der Waals surface area contributed by atoms with Crippen LogP contribution >= 0.6 is 0 Å². The van der Waals surface area contributed by atoms with Crippen LogP contribution in [0.3, 0.4) is 0 Å². The van der Waals surface area contributed by atoms with Crippen molar-refractivity contribution < 1.29 is 14.7 Å². The first kappa shape index (κ1) is 11.5. The number of phenolic OH excluding ortho intramolecular Hbond substituents is 1. The predicted octanol–water partition coefficient (Wildman–Crippen LogP) is 1.84. The van der Waals surface area contributed by atoms with Gasteiger partial charge in [0.05, 0.1) is 5.56 Å². The summed E-state index contributed by atoms with van der Waals surface area (Å²) in [6, 6.07) is 4.42. The number of hydrogen-bond donors (Lipinski definition) is 1. The van der Waals surface area contributed by atoms with Crippen LogP contribution in [0.5, 0.6) is 11.5 Å². The molecule has 0 fully saturated rings. The lowest BCUT2D eigenvalue weighted by Crippen LogP contribution is -2.27. The van der Waals surface area contributed by atoms with Crippen LogP contribution in [-0.4, -0.2) is 29.5 Å². The molecule has 1 N–H and O–H groups in total. The molecule has 0 amide bonds. The van der Waals surface area contributed by atoms with Gasteiger partial charge in [-0.2, -0.15) is 0 Å². The first-order valence-corrected chi connectivity index (χ1v) is 4.92. The average molecular weight is 209 g/mol. The number of nitrogens with zero attached hydrogens (tertiary/aromatic N) is 1. The quantitative estimate of drug-likeness (QED) is 0.594. The summed E-state index contributed by atoms with van der Waals surface area (Å²) in [6.45, 7) is 5.33. The number of phenols is 1. The standard InChI is InChI=1S/C11H15NO3/c1-3-12(4-2)15-11-7-10(14)6-5-9(11)8-13/h5-8,14H,3-4H2,1-2H3. The summed E-state index contributed by atoms with van der Waals surface area (Å²) >= 11 is 0. The van der Waals surface area contributed by atoms with E-state index in [1.165, 1.54) is 18.2 Å². The predicted molar refractivity (Wildman–Crippen MR) is 57.0 cm³/mol. The highest BCUT2D eigenvalue weighted by Crippen LogP contribution is 2.23. The molecule has 0 aliphatic heterocycles. The highest BCUT2D eigenvalue weighted by Gasteiger charge is 2.08. The molecule has 0 heterocycles. The Hall–Kier alpha value is -1.55. The van der Waals surface area contributed by atoms with Gasteiger partial charge in [0.2, 0.25) is 0 Å². The highest BCUT2D eigenvalue weighted by atomic mass is 16.7. The average Bonchev–Trinajstić information content (AvgIpc) is 2.26. The minimum Gasteiger partial charge on any atom is -0.508 e. The lowest BCUT2D eigenvalue weighted by Gasteiger charge is -2.19. The summed E-state index contributed by atoms with van der Waals surface area (Å²) in [5.41, 5.74) is 0.430. The Kier molecular flexibility index (Phi) is 4.12. The number of carbonyl (C=O) groups excluding carboxylic acids is 1. The zero-order chi connectivity index (χ0) is 11.3. The van der Waals surface area contributed by atoms with Crippen LogP contribution < -0.4 is 4.84 Å². The monoisotopic (exact) mass is 209 g/mol. The van der Waals surface area contributed by atoms with Crippen LogP contribution in [0.2, 0.25) is 0 Å². The van der Waals surface area contributed by atoms with Gasteiger partial charge in [0.15, 0.2) is 12.0 Å². The molecule has 0 aliphatic carbocycles. The lowest BCUT2D eigenvalue weighted by molar-refractivity contribution is -0.0491. The van der Waals surface area contributed by atoms with E-state index in [-0.39, 0.29) is 5.75 Å². The van der Waals surface area contributed by atoms with E-state index in [9.17, 15) is 9.90 Å². The van der Waals surface area contributed by atoms with Crippen molar-refractivity contribution in [1.29, 1.82) is 0 Å². The number of hydrogen-bond acceptors (Lipinski definition) is 4. The van der Waals surface area contributed by atoms with E-state index < -0.39 is 0 Å². The van der Waals surface area contributed by atoms with E-state index >= 15 is 0 Å². The van der Waals surface area contributed by atoms with E-state index in [1.807, 2.05) is 13.8 Å². The first-order valence-electron chi connectivity index (χ1n) is 4.92. The SMILES string of the molecule is CCN(CC)Oc1cc(O)ccc1C=O. The molecule has 0 aliphatic rings. The Labute approximate surface area is 89.0 Å². The third-order valence-electron chi connectivity index (χ3n) is 2.06. The Morgan fingerprint density at radius 2 is 2.07 bits per heavy atom.